The molecule has 2 aromatic rings. The van der Waals surface area contributed by atoms with Gasteiger partial charge in [0.2, 0.25) is 5.78 Å². The van der Waals surface area contributed by atoms with E-state index in [0.717, 1.165) is 0 Å². The second kappa shape index (κ2) is 9.14. The third-order valence-electron chi connectivity index (χ3n) is 7.87. The van der Waals surface area contributed by atoms with Crippen molar-refractivity contribution in [3.8, 4) is 17.2 Å². The number of rotatable bonds is 4. The fraction of sp³-hybridized carbons (Fsp3) is 0.444. The first kappa shape index (κ1) is 26.3. The Morgan fingerprint density at radius 2 is 1.82 bits per heavy atom. The van der Waals surface area contributed by atoms with Gasteiger partial charge in [-0.15, -0.1) is 0 Å². The Balaban J connectivity index is 1.68. The highest BCUT2D eigenvalue weighted by Gasteiger charge is 2.49. The van der Waals surface area contributed by atoms with Crippen molar-refractivity contribution in [3.05, 3.63) is 51.6 Å². The quantitative estimate of drug-likeness (QED) is 0.295. The van der Waals surface area contributed by atoms with Crippen molar-refractivity contribution >= 4 is 17.3 Å². The number of phenolic OH excluding ortho intramolecular Hbond substituents is 2. The summed E-state index contributed by atoms with van der Waals surface area (Å²) in [6.45, 7) is 2.84. The molecule has 11 nitrogen and oxygen atoms in total. The molecule has 1 saturated heterocycles. The first-order chi connectivity index (χ1) is 17.9. The first-order valence-electron chi connectivity index (χ1n) is 12.3. The number of ketones is 3. The third kappa shape index (κ3) is 3.81. The van der Waals surface area contributed by atoms with E-state index in [2.05, 4.69) is 5.73 Å². The summed E-state index contributed by atoms with van der Waals surface area (Å²) in [7, 11) is 1.34. The van der Waals surface area contributed by atoms with Gasteiger partial charge < -0.3 is 40.4 Å². The Bertz CT molecular complexity index is 1360. The number of Topliss-reactive ketones (excluding diaryl/α,β-unsaturated/α-hetero) is 1. The lowest BCUT2D eigenvalue weighted by Gasteiger charge is -2.41. The fourth-order valence-corrected chi connectivity index (χ4v) is 5.72. The van der Waals surface area contributed by atoms with Crippen LogP contribution in [0.2, 0.25) is 0 Å². The van der Waals surface area contributed by atoms with Crippen LogP contribution in [0.25, 0.3) is 0 Å². The van der Waals surface area contributed by atoms with Crippen LogP contribution in [0.1, 0.15) is 75.8 Å². The lowest BCUT2D eigenvalue weighted by molar-refractivity contribution is -0.466. The number of aromatic hydroxyl groups is 2. The Morgan fingerprint density at radius 3 is 2.45 bits per heavy atom. The van der Waals surface area contributed by atoms with Crippen molar-refractivity contribution in [1.82, 2.24) is 0 Å². The molecule has 0 saturated carbocycles. The summed E-state index contributed by atoms with van der Waals surface area (Å²) < 4.78 is 17.1. The second-order valence-corrected chi connectivity index (χ2v) is 10.2. The molecule has 38 heavy (non-hydrogen) atoms. The molecule has 1 aliphatic heterocycles. The van der Waals surface area contributed by atoms with Gasteiger partial charge in [0.15, 0.2) is 17.9 Å². The molecule has 0 bridgehead atoms. The Kier molecular flexibility index (Phi) is 6.32. The molecule has 7 N–H and O–H groups in total. The van der Waals surface area contributed by atoms with Gasteiger partial charge in [-0.2, -0.15) is 0 Å². The zero-order valence-corrected chi connectivity index (χ0v) is 21.2. The number of carbonyl (C=O) groups excluding carboxylic acids is 3. The van der Waals surface area contributed by atoms with Crippen LogP contribution in [-0.2, 0) is 20.7 Å². The standard InChI is InChI=1S/C27H29NO10/c1-10-22(30)14(28)7-17(37-10)38-16-9-27(35,11(2)29)8-13-19(16)26(34)21-20(24(13)32)23(31)12-5-4-6-15(36-3)18(12)25(21)33/h4-6,10,14,16-17,22,30,32,34-35H,7-9,28H2,1-3H3/p+1/t10?,14?,16?,17?,22?,27-/m0/s1. The Hall–Kier alpha value is -3.35. The second-order valence-electron chi connectivity index (χ2n) is 10.2. The maximum absolute atomic E-state index is 13.6. The topological polar surface area (TPSA) is 187 Å². The summed E-state index contributed by atoms with van der Waals surface area (Å²) in [5.41, 5.74) is 0.969. The molecular weight excluding hydrogens is 498 g/mol. The van der Waals surface area contributed by atoms with Crippen molar-refractivity contribution in [2.24, 2.45) is 0 Å². The van der Waals surface area contributed by atoms with Crippen molar-refractivity contribution in [1.29, 1.82) is 0 Å². The zero-order chi connectivity index (χ0) is 27.7. The molecule has 0 radical (unpaired) electrons. The predicted octanol–water partition coefficient (Wildman–Crippen LogP) is 0.312. The van der Waals surface area contributed by atoms with Crippen LogP contribution in [0.5, 0.6) is 17.2 Å². The summed E-state index contributed by atoms with van der Waals surface area (Å²) in [4.78, 5) is 39.6. The van der Waals surface area contributed by atoms with E-state index in [9.17, 15) is 34.8 Å². The van der Waals surface area contributed by atoms with E-state index in [1.54, 1.807) is 6.92 Å². The molecule has 6 atom stereocenters. The van der Waals surface area contributed by atoms with E-state index in [0.29, 0.717) is 0 Å². The van der Waals surface area contributed by atoms with E-state index in [-0.39, 0.29) is 40.8 Å². The minimum absolute atomic E-state index is 0.00780. The largest absolute Gasteiger partial charge is 0.507 e. The van der Waals surface area contributed by atoms with Crippen LogP contribution in [0, 0.1) is 0 Å². The van der Waals surface area contributed by atoms with E-state index >= 15 is 0 Å². The van der Waals surface area contributed by atoms with Crippen LogP contribution >= 0.6 is 0 Å². The van der Waals surface area contributed by atoms with Crippen LogP contribution in [-0.4, -0.2) is 75.0 Å². The number of phenols is 2. The predicted molar refractivity (Wildman–Crippen MR) is 129 cm³/mol. The van der Waals surface area contributed by atoms with Crippen molar-refractivity contribution in [2.45, 2.75) is 69.4 Å². The van der Waals surface area contributed by atoms with Gasteiger partial charge in [-0.25, -0.2) is 0 Å². The molecule has 0 spiro atoms. The summed E-state index contributed by atoms with van der Waals surface area (Å²) in [5, 5.41) is 44.2. The zero-order valence-electron chi connectivity index (χ0n) is 21.2. The minimum atomic E-state index is -1.98. The lowest BCUT2D eigenvalue weighted by atomic mass is 9.72. The normalized spacial score (nSPS) is 30.3. The number of hydrogen-bond acceptors (Lipinski definition) is 10. The molecule has 2 aliphatic carbocycles. The van der Waals surface area contributed by atoms with Gasteiger partial charge in [-0.05, 0) is 19.9 Å². The van der Waals surface area contributed by atoms with Crippen molar-refractivity contribution in [2.75, 3.05) is 7.11 Å². The molecule has 1 heterocycles. The van der Waals surface area contributed by atoms with Crippen LogP contribution in [0.3, 0.4) is 0 Å². The van der Waals surface area contributed by atoms with Crippen LogP contribution < -0.4 is 10.5 Å². The number of aliphatic hydroxyl groups is 2. The molecule has 3 aliphatic rings. The average Bonchev–Trinajstić information content (AvgIpc) is 2.87. The highest BCUT2D eigenvalue weighted by Crippen LogP contribution is 2.52. The molecule has 1 fully saturated rings. The molecule has 202 valence electrons. The molecule has 0 aromatic heterocycles. The molecule has 2 aromatic carbocycles. The molecular formula is C27H30NO10+. The summed E-state index contributed by atoms with van der Waals surface area (Å²) in [5.74, 6) is -3.11. The molecule has 5 unspecified atom stereocenters. The number of benzene rings is 2. The number of fused-ring (bicyclic) bond motifs is 3. The van der Waals surface area contributed by atoms with Gasteiger partial charge in [-0.3, -0.25) is 14.4 Å². The van der Waals surface area contributed by atoms with E-state index in [1.165, 1.54) is 32.2 Å². The highest BCUT2D eigenvalue weighted by molar-refractivity contribution is 6.31. The monoisotopic (exact) mass is 528 g/mol. The lowest BCUT2D eigenvalue weighted by Crippen LogP contribution is -2.71. The third-order valence-corrected chi connectivity index (χ3v) is 7.87. The number of carbonyl (C=O) groups is 3. The van der Waals surface area contributed by atoms with Gasteiger partial charge in [-0.1, -0.05) is 12.1 Å². The van der Waals surface area contributed by atoms with Crippen molar-refractivity contribution < 1.29 is 54.8 Å². The number of methoxy groups -OCH3 is 1. The van der Waals surface area contributed by atoms with Gasteiger partial charge in [0, 0.05) is 29.5 Å². The minimum Gasteiger partial charge on any atom is -0.507 e. The Labute approximate surface area is 217 Å². The number of hydrogen-bond donors (Lipinski definition) is 5. The highest BCUT2D eigenvalue weighted by atomic mass is 16.7. The van der Waals surface area contributed by atoms with Crippen LogP contribution in [0.4, 0.5) is 0 Å². The van der Waals surface area contributed by atoms with Gasteiger partial charge >= 0.3 is 0 Å². The maximum Gasteiger partial charge on any atom is 0.202 e. The molecule has 11 heteroatoms. The van der Waals surface area contributed by atoms with E-state index in [4.69, 9.17) is 14.2 Å². The fourth-order valence-electron chi connectivity index (χ4n) is 5.72. The van der Waals surface area contributed by atoms with E-state index < -0.39 is 82.6 Å². The van der Waals surface area contributed by atoms with Crippen molar-refractivity contribution in [3.63, 3.8) is 0 Å². The number of aliphatic hydroxyl groups excluding tert-OH is 1. The van der Waals surface area contributed by atoms with Gasteiger partial charge in [0.05, 0.1) is 42.4 Å². The average molecular weight is 529 g/mol. The van der Waals surface area contributed by atoms with E-state index in [1.807, 2.05) is 0 Å². The van der Waals surface area contributed by atoms with Crippen LogP contribution in [0.15, 0.2) is 18.2 Å². The Morgan fingerprint density at radius 1 is 1.13 bits per heavy atom. The molecule has 5 rings (SSSR count). The maximum atomic E-state index is 13.6. The SMILES string of the molecule is COc1cccc2c1C(=O)c1c(O)c3c(c(O)c1C2=O)C[C@@](O)(C(C)=O)CC3OC1CC([NH3+])C(O)C(C)O1. The summed E-state index contributed by atoms with van der Waals surface area (Å²) in [6, 6.07) is 4.01. The summed E-state index contributed by atoms with van der Waals surface area (Å²) in [6.07, 6.45) is -4.12. The van der Waals surface area contributed by atoms with Gasteiger partial charge in [0.25, 0.3) is 0 Å². The van der Waals surface area contributed by atoms with Gasteiger partial charge in [0.1, 0.15) is 35.0 Å². The smallest absolute Gasteiger partial charge is 0.202 e. The number of quaternary nitrogens is 1. The summed E-state index contributed by atoms with van der Waals surface area (Å²) >= 11 is 0. The molecule has 0 amide bonds. The number of ether oxygens (including phenoxy) is 3. The first-order valence-corrected chi connectivity index (χ1v) is 12.3.